The summed E-state index contributed by atoms with van der Waals surface area (Å²) in [4.78, 5) is 11.5. The minimum absolute atomic E-state index is 0.00762. The molecular weight excluding hydrogens is 421 g/mol. The van der Waals surface area contributed by atoms with E-state index in [4.69, 9.17) is 24.0 Å². The molecule has 0 aromatic carbocycles. The van der Waals surface area contributed by atoms with E-state index in [0.717, 1.165) is 12.8 Å². The highest BCUT2D eigenvalue weighted by molar-refractivity contribution is 9.09. The Balaban J connectivity index is 1.84. The summed E-state index contributed by atoms with van der Waals surface area (Å²) < 4.78 is 59.2. The van der Waals surface area contributed by atoms with Gasteiger partial charge in [-0.05, 0) is 38.0 Å². The summed E-state index contributed by atoms with van der Waals surface area (Å²) in [7, 11) is 0. The summed E-state index contributed by atoms with van der Waals surface area (Å²) in [5.41, 5.74) is -1.34. The first-order valence-corrected chi connectivity index (χ1v) is 10.2. The minimum atomic E-state index is -4.71. The van der Waals surface area contributed by atoms with Crippen LogP contribution in [-0.4, -0.2) is 35.2 Å². The third-order valence-corrected chi connectivity index (χ3v) is 7.15. The number of alkyl halides is 4. The van der Waals surface area contributed by atoms with Crippen molar-refractivity contribution in [2.75, 3.05) is 5.52 Å². The molecule has 5 aliphatic rings. The van der Waals surface area contributed by atoms with E-state index >= 15 is 0 Å². The predicted molar refractivity (Wildman–Crippen MR) is 86.7 cm³/mol. The van der Waals surface area contributed by atoms with Crippen molar-refractivity contribution in [1.29, 1.82) is 0 Å². The van der Waals surface area contributed by atoms with Crippen LogP contribution in [0, 0.1) is 23.7 Å². The summed E-state index contributed by atoms with van der Waals surface area (Å²) >= 11 is 2.97. The molecule has 4 heterocycles. The molecule has 0 amide bonds. The average molecular weight is 445 g/mol. The molecular formula is C17H24BrF3O5. The van der Waals surface area contributed by atoms with E-state index < -0.39 is 41.5 Å². The highest BCUT2D eigenvalue weighted by atomic mass is 79.9. The van der Waals surface area contributed by atoms with Gasteiger partial charge in [0.05, 0.1) is 0 Å². The molecule has 1 spiro atoms. The lowest BCUT2D eigenvalue weighted by Gasteiger charge is -2.62. The van der Waals surface area contributed by atoms with Crippen LogP contribution in [0.3, 0.4) is 0 Å². The van der Waals surface area contributed by atoms with E-state index in [-0.39, 0.29) is 17.4 Å². The second-order valence-electron chi connectivity index (χ2n) is 8.24. The molecule has 8 atom stereocenters. The van der Waals surface area contributed by atoms with Crippen LogP contribution in [0.2, 0.25) is 0 Å². The lowest BCUT2D eigenvalue weighted by molar-refractivity contribution is -0.598. The number of hydrogen-bond acceptors (Lipinski definition) is 5. The molecule has 5 nitrogen and oxygen atoms in total. The Morgan fingerprint density at radius 3 is 2.46 bits per heavy atom. The zero-order valence-electron chi connectivity index (χ0n) is 15.0. The van der Waals surface area contributed by atoms with Gasteiger partial charge in [-0.15, -0.1) is 0 Å². The molecule has 2 bridgehead atoms. The molecule has 0 aromatic heterocycles. The van der Waals surface area contributed by atoms with Crippen LogP contribution in [0.1, 0.15) is 46.5 Å². The Hall–Kier alpha value is 0.0700. The van der Waals surface area contributed by atoms with Crippen molar-refractivity contribution >= 4 is 15.9 Å². The number of rotatable bonds is 2. The zero-order valence-corrected chi connectivity index (χ0v) is 16.6. The van der Waals surface area contributed by atoms with E-state index in [1.165, 1.54) is 6.92 Å². The van der Waals surface area contributed by atoms with Gasteiger partial charge in [0.1, 0.15) is 5.52 Å². The van der Waals surface area contributed by atoms with E-state index in [9.17, 15) is 13.2 Å². The molecule has 150 valence electrons. The van der Waals surface area contributed by atoms with Crippen molar-refractivity contribution in [3.63, 3.8) is 0 Å². The highest BCUT2D eigenvalue weighted by Gasteiger charge is 2.77. The SMILES string of the molecule is C[C@@H]1CC[C@H]2[C@@H](C)[C@](OCBr)(C(F)(F)F)O[C@@H]3OC4(C)CC[C@@H]1[C@]32OO4. The maximum atomic E-state index is 14.1. The maximum absolute atomic E-state index is 14.1. The Morgan fingerprint density at radius 1 is 1.08 bits per heavy atom. The number of halogens is 4. The summed E-state index contributed by atoms with van der Waals surface area (Å²) in [6.07, 6.45) is -3.19. The first-order chi connectivity index (χ1) is 12.1. The van der Waals surface area contributed by atoms with Crippen LogP contribution in [0.15, 0.2) is 0 Å². The highest BCUT2D eigenvalue weighted by Crippen LogP contribution is 2.64. The monoisotopic (exact) mass is 444 g/mol. The maximum Gasteiger partial charge on any atom is 0.443 e. The fourth-order valence-electron chi connectivity index (χ4n) is 5.57. The fourth-order valence-corrected chi connectivity index (χ4v) is 5.91. The van der Waals surface area contributed by atoms with E-state index in [1.54, 1.807) is 6.92 Å². The van der Waals surface area contributed by atoms with Gasteiger partial charge >= 0.3 is 6.18 Å². The van der Waals surface area contributed by atoms with Gasteiger partial charge in [0.25, 0.3) is 5.79 Å². The van der Waals surface area contributed by atoms with Gasteiger partial charge in [-0.3, -0.25) is 0 Å². The molecule has 0 aromatic rings. The lowest BCUT2D eigenvalue weighted by Crippen LogP contribution is -2.75. The summed E-state index contributed by atoms with van der Waals surface area (Å²) in [6, 6.07) is 0. The quantitative estimate of drug-likeness (QED) is 0.463. The van der Waals surface area contributed by atoms with Crippen molar-refractivity contribution in [2.45, 2.75) is 76.1 Å². The van der Waals surface area contributed by atoms with Crippen molar-refractivity contribution in [1.82, 2.24) is 0 Å². The zero-order chi connectivity index (χ0) is 19.0. The molecule has 0 N–H and O–H groups in total. The van der Waals surface area contributed by atoms with E-state index in [2.05, 4.69) is 22.9 Å². The standard InChI is InChI=1S/C17H24BrF3O5/c1-9-4-5-12-10(2)16(22-8-18,17(19,20)21)24-13-15(12)11(9)6-7-14(3,23-13)25-26-15/h9-13H,4-8H2,1-3H3/t9-,10-,11+,12+,13+,14?,15-,16-/m1/s1. The number of hydrogen-bond donors (Lipinski definition) is 0. The topological polar surface area (TPSA) is 46.2 Å². The molecule has 1 aliphatic carbocycles. The van der Waals surface area contributed by atoms with Crippen molar-refractivity contribution < 1.29 is 37.2 Å². The number of ether oxygens (including phenoxy) is 3. The first kappa shape index (κ1) is 19.4. The fraction of sp³-hybridized carbons (Fsp3) is 1.00. The molecule has 5 fully saturated rings. The van der Waals surface area contributed by atoms with E-state index in [1.807, 2.05) is 0 Å². The van der Waals surface area contributed by atoms with Gasteiger partial charge in [0, 0.05) is 18.3 Å². The van der Waals surface area contributed by atoms with Crippen LogP contribution in [0.4, 0.5) is 13.2 Å². The third-order valence-electron chi connectivity index (χ3n) is 6.92. The lowest BCUT2D eigenvalue weighted by atomic mass is 9.57. The Labute approximate surface area is 158 Å². The van der Waals surface area contributed by atoms with Gasteiger partial charge in [0.2, 0.25) is 5.79 Å². The van der Waals surface area contributed by atoms with Crippen LogP contribution >= 0.6 is 15.9 Å². The molecule has 0 radical (unpaired) electrons. The van der Waals surface area contributed by atoms with E-state index in [0.29, 0.717) is 12.8 Å². The van der Waals surface area contributed by atoms with Gasteiger partial charge < -0.3 is 14.2 Å². The van der Waals surface area contributed by atoms with Crippen LogP contribution in [0.25, 0.3) is 0 Å². The molecule has 26 heavy (non-hydrogen) atoms. The normalized spacial score (nSPS) is 53.9. The molecule has 4 saturated heterocycles. The third kappa shape index (κ3) is 2.40. The van der Waals surface area contributed by atoms with Crippen LogP contribution < -0.4 is 0 Å². The molecule has 9 heteroatoms. The van der Waals surface area contributed by atoms with Gasteiger partial charge in [-0.2, -0.15) is 13.2 Å². The molecule has 4 aliphatic heterocycles. The second kappa shape index (κ2) is 6.03. The Morgan fingerprint density at radius 2 is 1.81 bits per heavy atom. The van der Waals surface area contributed by atoms with Crippen LogP contribution in [0.5, 0.6) is 0 Å². The molecule has 1 unspecified atom stereocenters. The Kier molecular flexibility index (Phi) is 4.50. The van der Waals surface area contributed by atoms with Crippen LogP contribution in [-0.2, 0) is 24.0 Å². The Bertz CT molecular complexity index is 577. The summed E-state index contributed by atoms with van der Waals surface area (Å²) in [6.45, 7) is 5.32. The summed E-state index contributed by atoms with van der Waals surface area (Å²) in [5.74, 6) is -5.00. The second-order valence-corrected chi connectivity index (χ2v) is 8.69. The average Bonchev–Trinajstić information content (AvgIpc) is 2.78. The molecule has 5 rings (SSSR count). The van der Waals surface area contributed by atoms with Crippen molar-refractivity contribution in [3.8, 4) is 0 Å². The molecule has 1 saturated carbocycles. The van der Waals surface area contributed by atoms with Gasteiger partial charge in [-0.1, -0.05) is 29.8 Å². The summed E-state index contributed by atoms with van der Waals surface area (Å²) in [5, 5.41) is 0. The smallest absolute Gasteiger partial charge is 0.331 e. The van der Waals surface area contributed by atoms with Crippen molar-refractivity contribution in [3.05, 3.63) is 0 Å². The largest absolute Gasteiger partial charge is 0.443 e. The van der Waals surface area contributed by atoms with Gasteiger partial charge in [0.15, 0.2) is 11.9 Å². The van der Waals surface area contributed by atoms with Crippen molar-refractivity contribution in [2.24, 2.45) is 23.7 Å². The first-order valence-electron chi connectivity index (χ1n) is 9.09. The predicted octanol–water partition coefficient (Wildman–Crippen LogP) is 4.50. The van der Waals surface area contributed by atoms with Gasteiger partial charge in [-0.25, -0.2) is 9.78 Å². The number of fused-ring (bicyclic) bond motifs is 2. The minimum Gasteiger partial charge on any atom is -0.331 e.